The Kier molecular flexibility index (Phi) is 4.83. The standard InChI is InChI=1S/C14H19FN2O6S3/c1-24(18,19)16-10-2-5-14(13(15)8-10)26(22,23)17(11-3-4-11)12-6-7-25(20,21)9-12/h2,5,8,11-12,16H,3-4,6-7,9H2,1H3. The maximum absolute atomic E-state index is 14.4. The van der Waals surface area contributed by atoms with E-state index in [1.807, 2.05) is 0 Å². The molecular formula is C14H19FN2O6S3. The fraction of sp³-hybridized carbons (Fsp3) is 0.571. The molecule has 26 heavy (non-hydrogen) atoms. The van der Waals surface area contributed by atoms with Crippen molar-refractivity contribution in [1.82, 2.24) is 4.31 Å². The molecule has 12 heteroatoms. The van der Waals surface area contributed by atoms with Gasteiger partial charge in [-0.05, 0) is 37.5 Å². The monoisotopic (exact) mass is 426 g/mol. The number of sulfonamides is 2. The van der Waals surface area contributed by atoms with Crippen LogP contribution in [0.15, 0.2) is 23.1 Å². The number of hydrogen-bond donors (Lipinski definition) is 1. The van der Waals surface area contributed by atoms with E-state index < -0.39 is 46.6 Å². The molecule has 0 amide bonds. The van der Waals surface area contributed by atoms with Crippen molar-refractivity contribution in [3.8, 4) is 0 Å². The van der Waals surface area contributed by atoms with Crippen molar-refractivity contribution < 1.29 is 29.6 Å². The van der Waals surface area contributed by atoms with Gasteiger partial charge in [-0.1, -0.05) is 0 Å². The smallest absolute Gasteiger partial charge is 0.246 e. The van der Waals surface area contributed by atoms with Crippen molar-refractivity contribution >= 4 is 35.6 Å². The van der Waals surface area contributed by atoms with Crippen molar-refractivity contribution in [1.29, 1.82) is 0 Å². The van der Waals surface area contributed by atoms with Gasteiger partial charge in [0.15, 0.2) is 9.84 Å². The first kappa shape index (κ1) is 19.5. The fourth-order valence-corrected chi connectivity index (χ4v) is 7.41. The van der Waals surface area contributed by atoms with Crippen LogP contribution in [0.2, 0.25) is 0 Å². The Hall–Kier alpha value is -1.24. The topological polar surface area (TPSA) is 118 Å². The van der Waals surface area contributed by atoms with E-state index in [0.29, 0.717) is 12.8 Å². The van der Waals surface area contributed by atoms with Gasteiger partial charge >= 0.3 is 0 Å². The minimum Gasteiger partial charge on any atom is -0.284 e. The third-order valence-corrected chi connectivity index (χ3v) is 8.66. The van der Waals surface area contributed by atoms with E-state index in [4.69, 9.17) is 0 Å². The molecular weight excluding hydrogens is 407 g/mol. The molecule has 1 aromatic rings. The highest BCUT2D eigenvalue weighted by Crippen LogP contribution is 2.37. The zero-order chi connectivity index (χ0) is 19.3. The SMILES string of the molecule is CS(=O)(=O)Nc1ccc(S(=O)(=O)N(C2CC2)C2CCS(=O)(=O)C2)c(F)c1. The molecule has 1 unspecified atom stereocenters. The van der Waals surface area contributed by atoms with Crippen molar-refractivity contribution in [2.45, 2.75) is 36.2 Å². The van der Waals surface area contributed by atoms with E-state index >= 15 is 0 Å². The van der Waals surface area contributed by atoms with E-state index in [9.17, 15) is 29.6 Å². The van der Waals surface area contributed by atoms with Gasteiger partial charge in [0.05, 0.1) is 23.4 Å². The van der Waals surface area contributed by atoms with Gasteiger partial charge in [0.2, 0.25) is 20.0 Å². The minimum atomic E-state index is -4.25. The number of hydrogen-bond acceptors (Lipinski definition) is 6. The first-order valence-corrected chi connectivity index (χ1v) is 13.1. The minimum absolute atomic E-state index is 0.0872. The van der Waals surface area contributed by atoms with E-state index in [1.54, 1.807) is 0 Å². The summed E-state index contributed by atoms with van der Waals surface area (Å²) in [5.74, 6) is -1.45. The summed E-state index contributed by atoms with van der Waals surface area (Å²) >= 11 is 0. The second-order valence-corrected chi connectivity index (χ2v) is 12.4. The molecule has 2 fully saturated rings. The first-order valence-electron chi connectivity index (χ1n) is 7.90. The molecule has 146 valence electrons. The summed E-state index contributed by atoms with van der Waals surface area (Å²) in [6.45, 7) is 0. The van der Waals surface area contributed by atoms with E-state index in [2.05, 4.69) is 4.72 Å². The van der Waals surface area contributed by atoms with Crippen molar-refractivity contribution in [2.75, 3.05) is 22.5 Å². The van der Waals surface area contributed by atoms with Crippen molar-refractivity contribution in [3.05, 3.63) is 24.0 Å². The fourth-order valence-electron chi connectivity index (χ4n) is 3.10. The molecule has 1 N–H and O–H groups in total. The summed E-state index contributed by atoms with van der Waals surface area (Å²) < 4.78 is 89.5. The largest absolute Gasteiger partial charge is 0.284 e. The van der Waals surface area contributed by atoms with Crippen molar-refractivity contribution in [3.63, 3.8) is 0 Å². The Morgan fingerprint density at radius 2 is 1.77 bits per heavy atom. The Morgan fingerprint density at radius 1 is 1.12 bits per heavy atom. The van der Waals surface area contributed by atoms with Gasteiger partial charge in [0.25, 0.3) is 0 Å². The zero-order valence-corrected chi connectivity index (χ0v) is 16.4. The lowest BCUT2D eigenvalue weighted by Gasteiger charge is -2.27. The van der Waals surface area contributed by atoms with Crippen LogP contribution in [0.1, 0.15) is 19.3 Å². The number of anilines is 1. The quantitative estimate of drug-likeness (QED) is 0.709. The number of halogens is 1. The number of nitrogens with one attached hydrogen (secondary N) is 1. The summed E-state index contributed by atoms with van der Waals surface area (Å²) in [6, 6.07) is 1.92. The van der Waals surface area contributed by atoms with Crippen LogP contribution in [0, 0.1) is 5.82 Å². The van der Waals surface area contributed by atoms with Crippen LogP contribution in [0.5, 0.6) is 0 Å². The molecule has 1 aliphatic carbocycles. The molecule has 0 spiro atoms. The van der Waals surface area contributed by atoms with Gasteiger partial charge < -0.3 is 0 Å². The van der Waals surface area contributed by atoms with E-state index in [0.717, 1.165) is 28.8 Å². The molecule has 3 rings (SSSR count). The van der Waals surface area contributed by atoms with Gasteiger partial charge in [0, 0.05) is 12.1 Å². The van der Waals surface area contributed by atoms with Crippen LogP contribution in [0.3, 0.4) is 0 Å². The number of rotatable bonds is 6. The maximum Gasteiger partial charge on any atom is 0.246 e. The highest BCUT2D eigenvalue weighted by Gasteiger charge is 2.46. The number of nitrogens with zero attached hydrogens (tertiary/aromatic N) is 1. The lowest BCUT2D eigenvalue weighted by atomic mass is 10.2. The molecule has 1 saturated heterocycles. The molecule has 1 aliphatic heterocycles. The molecule has 0 radical (unpaired) electrons. The number of sulfone groups is 1. The summed E-state index contributed by atoms with van der Waals surface area (Å²) in [4.78, 5) is -0.590. The van der Waals surface area contributed by atoms with Gasteiger partial charge in [-0.2, -0.15) is 4.31 Å². The van der Waals surface area contributed by atoms with Crippen LogP contribution in [-0.2, 0) is 29.9 Å². The zero-order valence-electron chi connectivity index (χ0n) is 13.9. The summed E-state index contributed by atoms with van der Waals surface area (Å²) in [5, 5.41) is 0. The predicted octanol–water partition coefficient (Wildman–Crippen LogP) is 0.537. The summed E-state index contributed by atoms with van der Waals surface area (Å²) in [5.41, 5.74) is -0.0923. The lowest BCUT2D eigenvalue weighted by molar-refractivity contribution is 0.331. The van der Waals surface area contributed by atoms with Crippen LogP contribution in [-0.4, -0.2) is 59.4 Å². The number of benzene rings is 1. The third-order valence-electron chi connectivity index (χ3n) is 4.27. The Balaban J connectivity index is 1.95. The third kappa shape index (κ3) is 4.18. The highest BCUT2D eigenvalue weighted by atomic mass is 32.2. The average molecular weight is 427 g/mol. The van der Waals surface area contributed by atoms with Crippen molar-refractivity contribution in [2.24, 2.45) is 0 Å². The first-order chi connectivity index (χ1) is 11.9. The van der Waals surface area contributed by atoms with Gasteiger partial charge in [-0.3, -0.25) is 4.72 Å². The molecule has 1 saturated carbocycles. The molecule has 0 bridgehead atoms. The van der Waals surface area contributed by atoms with Crippen LogP contribution in [0.4, 0.5) is 10.1 Å². The summed E-state index contributed by atoms with van der Waals surface area (Å²) in [7, 11) is -11.2. The Labute approximate surface area is 152 Å². The molecule has 2 aliphatic rings. The average Bonchev–Trinajstić information content (AvgIpc) is 3.20. The lowest BCUT2D eigenvalue weighted by Crippen LogP contribution is -2.43. The Morgan fingerprint density at radius 3 is 2.23 bits per heavy atom. The second-order valence-electron chi connectivity index (χ2n) is 6.64. The van der Waals surface area contributed by atoms with Crippen LogP contribution < -0.4 is 4.72 Å². The van der Waals surface area contributed by atoms with Crippen LogP contribution in [0.25, 0.3) is 0 Å². The molecule has 0 aromatic heterocycles. The van der Waals surface area contributed by atoms with Gasteiger partial charge in [-0.25, -0.2) is 29.6 Å². The Bertz CT molecular complexity index is 1030. The highest BCUT2D eigenvalue weighted by molar-refractivity contribution is 7.92. The molecule has 8 nitrogen and oxygen atoms in total. The van der Waals surface area contributed by atoms with Crippen LogP contribution >= 0.6 is 0 Å². The molecule has 1 aromatic carbocycles. The van der Waals surface area contributed by atoms with Gasteiger partial charge in [-0.15, -0.1) is 0 Å². The predicted molar refractivity (Wildman–Crippen MR) is 94.0 cm³/mol. The van der Waals surface area contributed by atoms with Gasteiger partial charge in [0.1, 0.15) is 10.7 Å². The van der Waals surface area contributed by atoms with E-state index in [1.165, 1.54) is 0 Å². The van der Waals surface area contributed by atoms with E-state index in [-0.39, 0.29) is 29.7 Å². The molecule has 1 atom stereocenters. The summed E-state index contributed by atoms with van der Waals surface area (Å²) in [6.07, 6.45) is 2.29. The second kappa shape index (κ2) is 6.43. The maximum atomic E-state index is 14.4. The normalized spacial score (nSPS) is 23.3. The molecule has 1 heterocycles.